The monoisotopic (exact) mass is 421 g/mol. The normalized spacial score (nSPS) is 23.3. The van der Waals surface area contributed by atoms with Gasteiger partial charge in [0.1, 0.15) is 5.75 Å². The third-order valence-corrected chi connectivity index (χ3v) is 6.77. The molecule has 1 aromatic rings. The van der Waals surface area contributed by atoms with Gasteiger partial charge in [0.2, 0.25) is 0 Å². The third kappa shape index (κ3) is 3.86. The molecule has 0 N–H and O–H groups in total. The van der Waals surface area contributed by atoms with Crippen molar-refractivity contribution in [2.24, 2.45) is 10.8 Å². The van der Waals surface area contributed by atoms with Crippen LogP contribution in [0.1, 0.15) is 78.7 Å². The van der Waals surface area contributed by atoms with Crippen molar-refractivity contribution in [1.29, 1.82) is 0 Å². The van der Waals surface area contributed by atoms with Crippen molar-refractivity contribution in [3.8, 4) is 5.75 Å². The number of nitrogens with zero attached hydrogens (tertiary/aromatic N) is 1. The number of allylic oxidation sites excluding steroid dienone is 4. The molecule has 0 saturated heterocycles. The van der Waals surface area contributed by atoms with Crippen LogP contribution in [0.2, 0.25) is 0 Å². The molecular weight excluding hydrogens is 386 g/mol. The van der Waals surface area contributed by atoms with Crippen molar-refractivity contribution in [1.82, 2.24) is 4.90 Å². The fourth-order valence-electron chi connectivity index (χ4n) is 5.56. The van der Waals surface area contributed by atoms with Gasteiger partial charge in [-0.05, 0) is 43.6 Å². The molecule has 0 amide bonds. The summed E-state index contributed by atoms with van der Waals surface area (Å²) in [6.45, 7) is 12.6. The van der Waals surface area contributed by atoms with E-state index in [1.165, 1.54) is 0 Å². The van der Waals surface area contributed by atoms with Crippen LogP contribution in [0.25, 0.3) is 0 Å². The zero-order valence-corrected chi connectivity index (χ0v) is 20.0. The second-order valence-corrected chi connectivity index (χ2v) is 11.3. The number of rotatable bonds is 3. The maximum atomic E-state index is 13.6. The van der Waals surface area contributed by atoms with Gasteiger partial charge in [0.05, 0.1) is 6.10 Å². The molecule has 0 unspecified atom stereocenters. The molecule has 4 heteroatoms. The van der Waals surface area contributed by atoms with Crippen LogP contribution in [0, 0.1) is 10.8 Å². The molecule has 0 aromatic heterocycles. The highest BCUT2D eigenvalue weighted by molar-refractivity contribution is 6.07. The van der Waals surface area contributed by atoms with Crippen LogP contribution in [0.5, 0.6) is 5.75 Å². The highest BCUT2D eigenvalue weighted by Crippen LogP contribution is 2.54. The maximum Gasteiger partial charge on any atom is 0.162 e. The number of carbonyl (C=O) groups excluding carboxylic acids is 2. The molecular formula is C27H35NO3. The predicted octanol–water partition coefficient (Wildman–Crippen LogP) is 5.79. The molecule has 0 spiro atoms. The molecule has 31 heavy (non-hydrogen) atoms. The van der Waals surface area contributed by atoms with Crippen LogP contribution >= 0.6 is 0 Å². The number of para-hydroxylation sites is 1. The van der Waals surface area contributed by atoms with Crippen LogP contribution in [-0.2, 0) is 9.59 Å². The maximum absolute atomic E-state index is 13.6. The minimum atomic E-state index is -0.344. The minimum absolute atomic E-state index is 0.0105. The van der Waals surface area contributed by atoms with Crippen LogP contribution in [-0.4, -0.2) is 29.6 Å². The molecule has 0 atom stereocenters. The fourth-order valence-corrected chi connectivity index (χ4v) is 5.56. The van der Waals surface area contributed by atoms with Gasteiger partial charge >= 0.3 is 0 Å². The number of carbonyl (C=O) groups is 2. The number of Topliss-reactive ketones (excluding diaryl/α,β-unsaturated/α-hetero) is 2. The van der Waals surface area contributed by atoms with Crippen LogP contribution in [0.4, 0.5) is 0 Å². The summed E-state index contributed by atoms with van der Waals surface area (Å²) in [5.41, 5.74) is 4.51. The fraction of sp³-hybridized carbons (Fsp3) is 0.556. The van der Waals surface area contributed by atoms with E-state index in [1.807, 2.05) is 45.2 Å². The van der Waals surface area contributed by atoms with E-state index in [-0.39, 0.29) is 34.4 Å². The highest BCUT2D eigenvalue weighted by Gasteiger charge is 2.48. The Morgan fingerprint density at radius 2 is 1.35 bits per heavy atom. The van der Waals surface area contributed by atoms with E-state index >= 15 is 0 Å². The molecule has 4 nitrogen and oxygen atoms in total. The smallest absolute Gasteiger partial charge is 0.162 e. The first-order chi connectivity index (χ1) is 14.4. The van der Waals surface area contributed by atoms with E-state index in [2.05, 4.69) is 32.6 Å². The number of hydrogen-bond acceptors (Lipinski definition) is 4. The summed E-state index contributed by atoms with van der Waals surface area (Å²) in [5.74, 6) is 0.739. The van der Waals surface area contributed by atoms with Gasteiger partial charge < -0.3 is 9.64 Å². The molecule has 1 aliphatic heterocycles. The van der Waals surface area contributed by atoms with Crippen molar-refractivity contribution < 1.29 is 14.3 Å². The summed E-state index contributed by atoms with van der Waals surface area (Å²) in [7, 11) is 2.04. The molecule has 2 aliphatic carbocycles. The Balaban J connectivity index is 1.98. The summed E-state index contributed by atoms with van der Waals surface area (Å²) >= 11 is 0. The van der Waals surface area contributed by atoms with Gasteiger partial charge in [0.15, 0.2) is 11.6 Å². The van der Waals surface area contributed by atoms with E-state index in [4.69, 9.17) is 4.74 Å². The van der Waals surface area contributed by atoms with Gasteiger partial charge in [-0.1, -0.05) is 45.9 Å². The van der Waals surface area contributed by atoms with Crippen molar-refractivity contribution in [3.05, 3.63) is 52.4 Å². The largest absolute Gasteiger partial charge is 0.491 e. The standard InChI is InChI=1S/C27H35NO3/c1-16(2)31-22-11-9-8-10-17(22)23-24-18(12-26(3,4)14-20(24)29)28(7)19-13-27(5,6)15-21(30)25(19)23/h8-11,16,23H,12-15H2,1-7H3. The number of hydrogen-bond donors (Lipinski definition) is 0. The zero-order valence-electron chi connectivity index (χ0n) is 20.0. The van der Waals surface area contributed by atoms with E-state index in [1.54, 1.807) is 0 Å². The SMILES string of the molecule is CC(C)Oc1ccccc1C1C2=C(CC(C)(C)CC2=O)N(C)C2=C1C(=O)CC(C)(C)C2. The van der Waals surface area contributed by atoms with Gasteiger partial charge in [0, 0.05) is 53.9 Å². The van der Waals surface area contributed by atoms with Gasteiger partial charge in [0.25, 0.3) is 0 Å². The first kappa shape index (κ1) is 21.9. The lowest BCUT2D eigenvalue weighted by molar-refractivity contribution is -0.119. The lowest BCUT2D eigenvalue weighted by Crippen LogP contribution is -2.43. The summed E-state index contributed by atoms with van der Waals surface area (Å²) in [5, 5.41) is 0. The lowest BCUT2D eigenvalue weighted by Gasteiger charge is -2.48. The van der Waals surface area contributed by atoms with Crippen molar-refractivity contribution in [2.75, 3.05) is 7.05 Å². The Kier molecular flexibility index (Phi) is 5.19. The molecule has 0 bridgehead atoms. The summed E-state index contributed by atoms with van der Waals surface area (Å²) in [6.07, 6.45) is 2.69. The average molecular weight is 422 g/mol. The minimum Gasteiger partial charge on any atom is -0.491 e. The molecule has 3 aliphatic rings. The van der Waals surface area contributed by atoms with Gasteiger partial charge in [-0.15, -0.1) is 0 Å². The van der Waals surface area contributed by atoms with Crippen molar-refractivity contribution in [3.63, 3.8) is 0 Å². The molecule has 4 rings (SSSR count). The van der Waals surface area contributed by atoms with Gasteiger partial charge in [-0.25, -0.2) is 0 Å². The Labute approximate surface area is 186 Å². The quantitative estimate of drug-likeness (QED) is 0.620. The number of ether oxygens (including phenoxy) is 1. The number of benzene rings is 1. The Hall–Kier alpha value is -2.36. The van der Waals surface area contributed by atoms with E-state index < -0.39 is 0 Å². The van der Waals surface area contributed by atoms with Crippen LogP contribution in [0.3, 0.4) is 0 Å². The summed E-state index contributed by atoms with van der Waals surface area (Å²) in [6, 6.07) is 7.93. The van der Waals surface area contributed by atoms with Crippen LogP contribution < -0.4 is 4.74 Å². The second kappa shape index (κ2) is 7.36. The molecule has 0 saturated carbocycles. The molecule has 1 aromatic carbocycles. The second-order valence-electron chi connectivity index (χ2n) is 11.3. The van der Waals surface area contributed by atoms with E-state index in [0.717, 1.165) is 46.7 Å². The van der Waals surface area contributed by atoms with Gasteiger partial charge in [-0.3, -0.25) is 9.59 Å². The van der Waals surface area contributed by atoms with E-state index in [9.17, 15) is 9.59 Å². The molecule has 166 valence electrons. The Morgan fingerprint density at radius 1 is 0.871 bits per heavy atom. The summed E-state index contributed by atoms with van der Waals surface area (Å²) < 4.78 is 6.16. The Morgan fingerprint density at radius 3 is 1.84 bits per heavy atom. The van der Waals surface area contributed by atoms with Gasteiger partial charge in [-0.2, -0.15) is 0 Å². The third-order valence-electron chi connectivity index (χ3n) is 6.77. The van der Waals surface area contributed by atoms with Crippen LogP contribution in [0.15, 0.2) is 46.8 Å². The zero-order chi connectivity index (χ0) is 22.7. The number of ketones is 2. The first-order valence-electron chi connectivity index (χ1n) is 11.4. The van der Waals surface area contributed by atoms with Crippen molar-refractivity contribution >= 4 is 11.6 Å². The van der Waals surface area contributed by atoms with Crippen molar-refractivity contribution in [2.45, 2.75) is 79.2 Å². The molecule has 0 radical (unpaired) electrons. The predicted molar refractivity (Wildman–Crippen MR) is 123 cm³/mol. The lowest BCUT2D eigenvalue weighted by atomic mass is 9.63. The topological polar surface area (TPSA) is 46.6 Å². The molecule has 1 heterocycles. The molecule has 0 fully saturated rings. The Bertz CT molecular complexity index is 955. The highest BCUT2D eigenvalue weighted by atomic mass is 16.5. The summed E-state index contributed by atoms with van der Waals surface area (Å²) in [4.78, 5) is 29.3. The van der Waals surface area contributed by atoms with E-state index in [0.29, 0.717) is 12.8 Å². The first-order valence-corrected chi connectivity index (χ1v) is 11.4. The average Bonchev–Trinajstić information content (AvgIpc) is 2.62.